The van der Waals surface area contributed by atoms with Gasteiger partial charge in [-0.05, 0) is 119 Å². The van der Waals surface area contributed by atoms with Gasteiger partial charge in [-0.15, -0.1) is 0 Å². The average molecular weight is 572 g/mol. The van der Waals surface area contributed by atoms with Crippen LogP contribution < -0.4 is 4.90 Å². The van der Waals surface area contributed by atoms with Crippen LogP contribution in [0.2, 0.25) is 0 Å². The van der Waals surface area contributed by atoms with Gasteiger partial charge >= 0.3 is 0 Å². The van der Waals surface area contributed by atoms with Crippen LogP contribution in [0.15, 0.2) is 72.8 Å². The topological polar surface area (TPSA) is 51.2 Å². The normalized spacial score (nSPS) is 19.3. The van der Waals surface area contributed by atoms with Crippen molar-refractivity contribution in [3.8, 4) is 0 Å². The maximum atomic E-state index is 10.4. The molecule has 3 aromatic rings. The van der Waals surface area contributed by atoms with E-state index in [4.69, 9.17) is 14.2 Å². The van der Waals surface area contributed by atoms with E-state index in [0.717, 1.165) is 102 Å². The van der Waals surface area contributed by atoms with Gasteiger partial charge in [0.25, 0.3) is 0 Å². The van der Waals surface area contributed by atoms with E-state index in [1.807, 2.05) is 0 Å². The Bertz CT molecular complexity index is 1170. The van der Waals surface area contributed by atoms with E-state index in [1.165, 1.54) is 28.8 Å². The number of aliphatic hydroxyl groups excluding tert-OH is 1. The van der Waals surface area contributed by atoms with Gasteiger partial charge in [-0.1, -0.05) is 48.4 Å². The zero-order chi connectivity index (χ0) is 29.0. The van der Waals surface area contributed by atoms with Crippen LogP contribution in [0.25, 0.3) is 0 Å². The van der Waals surface area contributed by atoms with Crippen molar-refractivity contribution in [3.63, 3.8) is 0 Å². The first-order chi connectivity index (χ1) is 20.7. The van der Waals surface area contributed by atoms with Crippen molar-refractivity contribution in [2.24, 2.45) is 0 Å². The Hall–Kier alpha value is -2.70. The number of hydrogen-bond acceptors (Lipinski definition) is 5. The highest BCUT2D eigenvalue weighted by atomic mass is 16.5. The zero-order valence-electron chi connectivity index (χ0n) is 25.4. The molecule has 3 atom stereocenters. The van der Waals surface area contributed by atoms with Crippen LogP contribution in [-0.2, 0) is 27.1 Å². The number of benzene rings is 3. The van der Waals surface area contributed by atoms with Crippen molar-refractivity contribution in [2.45, 2.75) is 95.9 Å². The van der Waals surface area contributed by atoms with Gasteiger partial charge in [0.1, 0.15) is 0 Å². The van der Waals surface area contributed by atoms with Gasteiger partial charge in [-0.25, -0.2) is 0 Å². The molecule has 1 N–H and O–H groups in total. The molecule has 2 heterocycles. The van der Waals surface area contributed by atoms with Crippen molar-refractivity contribution in [2.75, 3.05) is 31.3 Å². The van der Waals surface area contributed by atoms with Gasteiger partial charge in [0, 0.05) is 36.9 Å². The average Bonchev–Trinajstić information content (AvgIpc) is 3.75. The molecular weight excluding hydrogens is 522 g/mol. The molecule has 5 nitrogen and oxygen atoms in total. The molecule has 0 spiro atoms. The summed E-state index contributed by atoms with van der Waals surface area (Å²) in [7, 11) is 0. The maximum absolute atomic E-state index is 10.4. The van der Waals surface area contributed by atoms with Crippen LogP contribution in [0, 0.1) is 6.92 Å². The van der Waals surface area contributed by atoms with Gasteiger partial charge in [0.05, 0.1) is 24.9 Å². The second-order valence-corrected chi connectivity index (χ2v) is 12.0. The number of ether oxygens (including phenoxy) is 3. The molecule has 5 rings (SSSR count). The molecule has 226 valence electrons. The second kappa shape index (κ2) is 16.2. The lowest BCUT2D eigenvalue weighted by Crippen LogP contribution is -2.24. The van der Waals surface area contributed by atoms with Crippen molar-refractivity contribution in [3.05, 3.63) is 89.5 Å². The molecule has 0 aliphatic carbocycles. The molecule has 2 fully saturated rings. The molecule has 42 heavy (non-hydrogen) atoms. The van der Waals surface area contributed by atoms with Crippen molar-refractivity contribution < 1.29 is 19.3 Å². The summed E-state index contributed by atoms with van der Waals surface area (Å²) in [4.78, 5) is 2.34. The minimum atomic E-state index is -0.319. The molecule has 0 aromatic heterocycles. The molecular formula is C37H49NO4. The van der Waals surface area contributed by atoms with Crippen LogP contribution in [0.4, 0.5) is 17.1 Å². The predicted octanol–water partition coefficient (Wildman–Crippen LogP) is 8.24. The number of hydrogen-bond donors (Lipinski definition) is 1. The number of nitrogens with zero attached hydrogens (tertiary/aromatic N) is 1. The van der Waals surface area contributed by atoms with Crippen LogP contribution >= 0.6 is 0 Å². The number of anilines is 3. The first-order valence-electron chi connectivity index (χ1n) is 16.2. The first-order valence-corrected chi connectivity index (χ1v) is 16.2. The predicted molar refractivity (Wildman–Crippen MR) is 171 cm³/mol. The quantitative estimate of drug-likeness (QED) is 0.176. The van der Waals surface area contributed by atoms with Gasteiger partial charge < -0.3 is 24.2 Å². The summed E-state index contributed by atoms with van der Waals surface area (Å²) in [5.41, 5.74) is 7.44. The Kier molecular flexibility index (Phi) is 11.9. The largest absolute Gasteiger partial charge is 0.390 e. The Labute approximate surface area is 252 Å². The minimum absolute atomic E-state index is 0.0487. The van der Waals surface area contributed by atoms with E-state index in [1.54, 1.807) is 0 Å². The Morgan fingerprint density at radius 1 is 0.738 bits per heavy atom. The van der Waals surface area contributed by atoms with E-state index in [9.17, 15) is 5.11 Å². The summed E-state index contributed by atoms with van der Waals surface area (Å²) in [6.07, 6.45) is 11.6. The smallest absolute Gasteiger partial charge is 0.0834 e. The van der Waals surface area contributed by atoms with E-state index in [2.05, 4.69) is 84.6 Å². The number of unbranched alkanes of at least 4 members (excludes halogenated alkanes) is 2. The molecule has 3 aromatic carbocycles. The lowest BCUT2D eigenvalue weighted by molar-refractivity contribution is -0.00628. The molecule has 2 saturated heterocycles. The third-order valence-electron chi connectivity index (χ3n) is 8.62. The van der Waals surface area contributed by atoms with Crippen LogP contribution in [0.1, 0.15) is 74.5 Å². The molecule has 0 saturated carbocycles. The van der Waals surface area contributed by atoms with E-state index in [0.29, 0.717) is 6.10 Å². The monoisotopic (exact) mass is 571 g/mol. The van der Waals surface area contributed by atoms with Gasteiger partial charge in [0.15, 0.2) is 0 Å². The van der Waals surface area contributed by atoms with Crippen LogP contribution in [-0.4, -0.2) is 49.8 Å². The van der Waals surface area contributed by atoms with Crippen molar-refractivity contribution in [1.29, 1.82) is 0 Å². The highest BCUT2D eigenvalue weighted by Crippen LogP contribution is 2.35. The van der Waals surface area contributed by atoms with E-state index in [-0.39, 0.29) is 12.2 Å². The highest BCUT2D eigenvalue weighted by molar-refractivity contribution is 5.76. The lowest BCUT2D eigenvalue weighted by Gasteiger charge is -2.26. The fourth-order valence-electron chi connectivity index (χ4n) is 6.06. The summed E-state index contributed by atoms with van der Waals surface area (Å²) in [5.74, 6) is 0. The molecule has 0 bridgehead atoms. The number of rotatable bonds is 16. The standard InChI is InChI=1S/C37H49NO4/c1-29-13-19-32(20-14-29)38(33-21-15-30(16-22-33)8-2-3-11-36(39)37-12-7-27-42-37)34-23-17-31(18-24-34)9-4-5-25-40-28-35-10-6-26-41-35/h13-24,35-37,39H,2-12,25-28H2,1H3. The molecule has 0 radical (unpaired) electrons. The zero-order valence-corrected chi connectivity index (χ0v) is 25.4. The fraction of sp³-hybridized carbons (Fsp3) is 0.514. The Morgan fingerprint density at radius 3 is 1.88 bits per heavy atom. The second-order valence-electron chi connectivity index (χ2n) is 12.0. The highest BCUT2D eigenvalue weighted by Gasteiger charge is 2.23. The van der Waals surface area contributed by atoms with Crippen LogP contribution in [0.3, 0.4) is 0 Å². The molecule has 0 amide bonds. The van der Waals surface area contributed by atoms with Crippen molar-refractivity contribution in [1.82, 2.24) is 0 Å². The third-order valence-corrected chi connectivity index (χ3v) is 8.62. The SMILES string of the molecule is Cc1ccc(N(c2ccc(CCCCOCC3CCCO3)cc2)c2ccc(CCCCC(O)C3CCCO3)cc2)cc1. The fourth-order valence-corrected chi connectivity index (χ4v) is 6.06. The van der Waals surface area contributed by atoms with Crippen molar-refractivity contribution >= 4 is 17.1 Å². The van der Waals surface area contributed by atoms with Gasteiger partial charge in [0.2, 0.25) is 0 Å². The Balaban J connectivity index is 1.14. The first kappa shape index (κ1) is 30.7. The van der Waals surface area contributed by atoms with E-state index >= 15 is 0 Å². The van der Waals surface area contributed by atoms with E-state index < -0.39 is 0 Å². The summed E-state index contributed by atoms with van der Waals surface area (Å²) in [6.45, 7) is 5.37. The number of aliphatic hydroxyl groups is 1. The maximum Gasteiger partial charge on any atom is 0.0834 e. The third kappa shape index (κ3) is 9.15. The molecule has 2 aliphatic heterocycles. The molecule has 2 aliphatic rings. The lowest BCUT2D eigenvalue weighted by atomic mass is 10.0. The summed E-state index contributed by atoms with van der Waals surface area (Å²) >= 11 is 0. The molecule has 3 unspecified atom stereocenters. The summed E-state index contributed by atoms with van der Waals surface area (Å²) < 4.78 is 17.1. The summed E-state index contributed by atoms with van der Waals surface area (Å²) in [6, 6.07) is 26.8. The van der Waals surface area contributed by atoms with Gasteiger partial charge in [-0.3, -0.25) is 0 Å². The minimum Gasteiger partial charge on any atom is -0.390 e. The van der Waals surface area contributed by atoms with Crippen LogP contribution in [0.5, 0.6) is 0 Å². The number of aryl methyl sites for hydroxylation is 3. The van der Waals surface area contributed by atoms with Gasteiger partial charge in [-0.2, -0.15) is 0 Å². The molecule has 5 heteroatoms. The summed E-state index contributed by atoms with van der Waals surface area (Å²) in [5, 5.41) is 10.4. The Morgan fingerprint density at radius 2 is 1.31 bits per heavy atom.